The number of hydrogen-bond acceptors (Lipinski definition) is 0. The molecule has 0 heterocycles. The highest BCUT2D eigenvalue weighted by Crippen LogP contribution is 2.56. The van der Waals surface area contributed by atoms with Gasteiger partial charge < -0.3 is 0 Å². The van der Waals surface area contributed by atoms with Gasteiger partial charge in [-0.25, -0.2) is 0 Å². The summed E-state index contributed by atoms with van der Waals surface area (Å²) in [6.45, 7) is 17.7. The van der Waals surface area contributed by atoms with E-state index >= 15 is 0 Å². The van der Waals surface area contributed by atoms with E-state index in [4.69, 9.17) is 0 Å². The quantitative estimate of drug-likeness (QED) is 0.537. The molecule has 0 spiro atoms. The number of rotatable bonds is 3. The molecule has 0 N–H and O–H groups in total. The van der Waals surface area contributed by atoms with Gasteiger partial charge in [0.15, 0.2) is 0 Å². The van der Waals surface area contributed by atoms with Gasteiger partial charge >= 0.3 is 0 Å². The summed E-state index contributed by atoms with van der Waals surface area (Å²) in [4.78, 5) is 0. The summed E-state index contributed by atoms with van der Waals surface area (Å²) in [5.74, 6) is 6.56. The molecule has 2 aliphatic rings. The molecule has 0 nitrogen and oxygen atoms in total. The lowest BCUT2D eigenvalue weighted by atomic mass is 9.54. The molecule has 0 heteroatoms. The molecule has 124 valence electrons. The van der Waals surface area contributed by atoms with Crippen molar-refractivity contribution in [3.05, 3.63) is 0 Å². The first kappa shape index (κ1) is 17.4. The van der Waals surface area contributed by atoms with E-state index in [0.29, 0.717) is 5.41 Å². The van der Waals surface area contributed by atoms with Crippen LogP contribution in [0.15, 0.2) is 0 Å². The van der Waals surface area contributed by atoms with Crippen LogP contribution in [0.4, 0.5) is 0 Å². The number of hydrogen-bond donors (Lipinski definition) is 0. The Hall–Kier alpha value is 0. The molecule has 0 saturated heterocycles. The first-order chi connectivity index (χ1) is 9.83. The minimum Gasteiger partial charge on any atom is -0.0651 e. The fourth-order valence-corrected chi connectivity index (χ4v) is 6.28. The molecule has 2 bridgehead atoms. The standard InChI is InChI=1S/C21H40/c1-8-17-11-18-10-15(5)19(12-17)16(6)21(7,9-2)20(13-18)14(3)4/h14-20H,8-13H2,1-7H3. The average molecular weight is 293 g/mol. The number of fused-ring (bicyclic) bond motifs is 3. The van der Waals surface area contributed by atoms with Gasteiger partial charge in [0.25, 0.3) is 0 Å². The van der Waals surface area contributed by atoms with E-state index in [1.165, 1.54) is 38.5 Å². The van der Waals surface area contributed by atoms with Crippen LogP contribution in [0.5, 0.6) is 0 Å². The second-order valence-corrected chi connectivity index (χ2v) is 9.22. The minimum atomic E-state index is 0.550. The van der Waals surface area contributed by atoms with Crippen LogP contribution in [0.3, 0.4) is 0 Å². The van der Waals surface area contributed by atoms with Gasteiger partial charge in [0.2, 0.25) is 0 Å². The highest BCUT2D eigenvalue weighted by Gasteiger charge is 2.48. The average Bonchev–Trinajstić information content (AvgIpc) is 2.58. The Bertz CT molecular complexity index is 329. The van der Waals surface area contributed by atoms with Gasteiger partial charge in [-0.2, -0.15) is 0 Å². The van der Waals surface area contributed by atoms with Gasteiger partial charge in [-0.05, 0) is 72.5 Å². The van der Waals surface area contributed by atoms with Gasteiger partial charge in [-0.3, -0.25) is 0 Å². The van der Waals surface area contributed by atoms with Crippen molar-refractivity contribution >= 4 is 0 Å². The second-order valence-electron chi connectivity index (χ2n) is 9.22. The van der Waals surface area contributed by atoms with Gasteiger partial charge in [-0.1, -0.05) is 61.3 Å². The zero-order valence-corrected chi connectivity index (χ0v) is 15.8. The van der Waals surface area contributed by atoms with Crippen molar-refractivity contribution in [1.82, 2.24) is 0 Å². The van der Waals surface area contributed by atoms with Crippen LogP contribution >= 0.6 is 0 Å². The maximum absolute atomic E-state index is 2.64. The zero-order valence-electron chi connectivity index (χ0n) is 15.8. The lowest BCUT2D eigenvalue weighted by molar-refractivity contribution is -0.0167. The summed E-state index contributed by atoms with van der Waals surface area (Å²) in [5.41, 5.74) is 0.550. The van der Waals surface area contributed by atoms with Crippen molar-refractivity contribution in [2.45, 2.75) is 87.0 Å². The topological polar surface area (TPSA) is 0 Å². The van der Waals surface area contributed by atoms with E-state index < -0.39 is 0 Å². The first-order valence-electron chi connectivity index (χ1n) is 9.83. The first-order valence-corrected chi connectivity index (χ1v) is 9.83. The van der Waals surface area contributed by atoms with Gasteiger partial charge in [0.05, 0.1) is 0 Å². The molecule has 0 amide bonds. The Morgan fingerprint density at radius 2 is 1.67 bits per heavy atom. The minimum absolute atomic E-state index is 0.550. The second kappa shape index (κ2) is 6.63. The van der Waals surface area contributed by atoms with Crippen molar-refractivity contribution in [3.63, 3.8) is 0 Å². The normalized spacial score (nSPS) is 48.0. The maximum Gasteiger partial charge on any atom is -0.0269 e. The summed E-state index contributed by atoms with van der Waals surface area (Å²) in [6.07, 6.45) is 8.81. The third kappa shape index (κ3) is 3.20. The molecule has 7 unspecified atom stereocenters. The highest BCUT2D eigenvalue weighted by atomic mass is 14.5. The predicted octanol–water partition coefficient (Wildman–Crippen LogP) is 6.79. The molecule has 0 aromatic rings. The van der Waals surface area contributed by atoms with E-state index in [0.717, 1.165) is 41.4 Å². The van der Waals surface area contributed by atoms with Gasteiger partial charge in [-0.15, -0.1) is 0 Å². The third-order valence-electron chi connectivity index (χ3n) is 7.97. The molecule has 0 aliphatic heterocycles. The van der Waals surface area contributed by atoms with Crippen LogP contribution < -0.4 is 0 Å². The highest BCUT2D eigenvalue weighted by molar-refractivity contribution is 4.97. The summed E-state index contributed by atoms with van der Waals surface area (Å²) in [6, 6.07) is 0. The third-order valence-corrected chi connectivity index (χ3v) is 7.97. The molecule has 2 aliphatic carbocycles. The molecule has 0 radical (unpaired) electrons. The van der Waals surface area contributed by atoms with Crippen LogP contribution in [0.2, 0.25) is 0 Å². The molecule has 0 aromatic carbocycles. The predicted molar refractivity (Wildman–Crippen MR) is 94.3 cm³/mol. The SMILES string of the molecule is CCC1CC2CC(C)C(C1)C(C)C(C)(CC)C(C(C)C)C2. The largest absolute Gasteiger partial charge is 0.0651 e. The Morgan fingerprint density at radius 3 is 2.19 bits per heavy atom. The molecule has 7 atom stereocenters. The monoisotopic (exact) mass is 292 g/mol. The summed E-state index contributed by atoms with van der Waals surface area (Å²) in [5, 5.41) is 0. The van der Waals surface area contributed by atoms with Crippen molar-refractivity contribution in [2.75, 3.05) is 0 Å². The molecule has 2 rings (SSSR count). The van der Waals surface area contributed by atoms with Gasteiger partial charge in [0.1, 0.15) is 0 Å². The van der Waals surface area contributed by atoms with Crippen molar-refractivity contribution < 1.29 is 0 Å². The summed E-state index contributed by atoms with van der Waals surface area (Å²) < 4.78 is 0. The van der Waals surface area contributed by atoms with E-state index in [1.807, 2.05) is 0 Å². The fraction of sp³-hybridized carbons (Fsp3) is 1.00. The van der Waals surface area contributed by atoms with Crippen LogP contribution in [0.1, 0.15) is 87.0 Å². The zero-order chi connectivity index (χ0) is 15.8. The molecule has 21 heavy (non-hydrogen) atoms. The van der Waals surface area contributed by atoms with E-state index in [1.54, 1.807) is 0 Å². The lowest BCUT2D eigenvalue weighted by Gasteiger charge is -2.51. The van der Waals surface area contributed by atoms with E-state index in [-0.39, 0.29) is 0 Å². The van der Waals surface area contributed by atoms with Crippen molar-refractivity contribution in [2.24, 2.45) is 46.8 Å². The molecular formula is C21H40. The lowest BCUT2D eigenvalue weighted by Crippen LogP contribution is -2.43. The molecule has 2 saturated carbocycles. The summed E-state index contributed by atoms with van der Waals surface area (Å²) >= 11 is 0. The van der Waals surface area contributed by atoms with E-state index in [9.17, 15) is 0 Å². The summed E-state index contributed by atoms with van der Waals surface area (Å²) in [7, 11) is 0. The van der Waals surface area contributed by atoms with Crippen molar-refractivity contribution in [3.8, 4) is 0 Å². The smallest absolute Gasteiger partial charge is 0.0269 e. The van der Waals surface area contributed by atoms with Crippen LogP contribution in [-0.4, -0.2) is 0 Å². The van der Waals surface area contributed by atoms with Gasteiger partial charge in [0, 0.05) is 0 Å². The molecule has 2 fully saturated rings. The van der Waals surface area contributed by atoms with Crippen LogP contribution in [0.25, 0.3) is 0 Å². The molecule has 0 aromatic heterocycles. The van der Waals surface area contributed by atoms with Crippen LogP contribution in [0, 0.1) is 46.8 Å². The maximum atomic E-state index is 2.64. The Morgan fingerprint density at radius 1 is 1.00 bits per heavy atom. The van der Waals surface area contributed by atoms with Crippen molar-refractivity contribution in [1.29, 1.82) is 0 Å². The van der Waals surface area contributed by atoms with E-state index in [2.05, 4.69) is 48.5 Å². The Kier molecular flexibility index (Phi) is 5.48. The van der Waals surface area contributed by atoms with Crippen LogP contribution in [-0.2, 0) is 0 Å². The Balaban J connectivity index is 2.41. The Labute approximate surface area is 134 Å². The fourth-order valence-electron chi connectivity index (χ4n) is 6.28. The molecular weight excluding hydrogens is 252 g/mol.